The van der Waals surface area contributed by atoms with Gasteiger partial charge in [-0.1, -0.05) is 24.6 Å². The van der Waals surface area contributed by atoms with Crippen LogP contribution in [-0.4, -0.2) is 31.3 Å². The average molecular weight is 283 g/mol. The number of hydrogen-bond donors (Lipinski definition) is 2. The topological polar surface area (TPSA) is 35.5 Å². The summed E-state index contributed by atoms with van der Waals surface area (Å²) in [4.78, 5) is 2.42. The Morgan fingerprint density at radius 2 is 2.11 bits per heavy atom. The third kappa shape index (κ3) is 3.85. The van der Waals surface area contributed by atoms with Crippen LogP contribution in [0.2, 0.25) is 5.02 Å². The molecule has 0 saturated carbocycles. The highest BCUT2D eigenvalue weighted by Gasteiger charge is 2.17. The van der Waals surface area contributed by atoms with E-state index in [1.165, 1.54) is 24.1 Å². The molecule has 2 rings (SSSR count). The van der Waals surface area contributed by atoms with E-state index in [1.54, 1.807) is 0 Å². The van der Waals surface area contributed by atoms with Crippen LogP contribution in [-0.2, 0) is 6.54 Å². The third-order valence-corrected chi connectivity index (χ3v) is 4.00. The van der Waals surface area contributed by atoms with E-state index in [4.69, 9.17) is 16.7 Å². The molecule has 106 valence electrons. The average Bonchev–Trinajstić information content (AvgIpc) is 2.94. The van der Waals surface area contributed by atoms with E-state index in [2.05, 4.69) is 16.3 Å². The lowest BCUT2D eigenvalue weighted by molar-refractivity contribution is 0.233. The zero-order valence-corrected chi connectivity index (χ0v) is 12.3. The van der Waals surface area contributed by atoms with Gasteiger partial charge in [-0.3, -0.25) is 0 Å². The van der Waals surface area contributed by atoms with E-state index in [0.29, 0.717) is 0 Å². The molecule has 1 fully saturated rings. The quantitative estimate of drug-likeness (QED) is 0.842. The summed E-state index contributed by atoms with van der Waals surface area (Å²) in [6, 6.07) is 6.13. The van der Waals surface area contributed by atoms with Crippen molar-refractivity contribution in [3.05, 3.63) is 28.8 Å². The summed E-state index contributed by atoms with van der Waals surface area (Å²) in [5, 5.41) is 13.3. The van der Waals surface area contributed by atoms with Crippen LogP contribution in [0.5, 0.6) is 0 Å². The zero-order valence-electron chi connectivity index (χ0n) is 11.5. The first-order valence-corrected chi connectivity index (χ1v) is 7.44. The van der Waals surface area contributed by atoms with Crippen molar-refractivity contribution in [2.24, 2.45) is 5.92 Å². The Morgan fingerprint density at radius 1 is 1.37 bits per heavy atom. The second kappa shape index (κ2) is 7.13. The predicted octanol–water partition coefficient (Wildman–Crippen LogP) is 2.66. The Kier molecular flexibility index (Phi) is 5.49. The summed E-state index contributed by atoms with van der Waals surface area (Å²) < 4.78 is 0. The van der Waals surface area contributed by atoms with Crippen molar-refractivity contribution in [3.63, 3.8) is 0 Å². The van der Waals surface area contributed by atoms with Crippen molar-refractivity contribution in [2.75, 3.05) is 31.1 Å². The van der Waals surface area contributed by atoms with Crippen LogP contribution in [0.1, 0.15) is 25.3 Å². The van der Waals surface area contributed by atoms with Crippen LogP contribution >= 0.6 is 11.6 Å². The summed E-state index contributed by atoms with van der Waals surface area (Å²) in [7, 11) is 0. The molecule has 1 unspecified atom stereocenters. The summed E-state index contributed by atoms with van der Waals surface area (Å²) in [5.41, 5.74) is 2.44. The van der Waals surface area contributed by atoms with Gasteiger partial charge in [0, 0.05) is 49.1 Å². The number of hydrogen-bond acceptors (Lipinski definition) is 3. The number of nitrogens with one attached hydrogen (secondary N) is 1. The van der Waals surface area contributed by atoms with Crippen molar-refractivity contribution >= 4 is 17.3 Å². The standard InChI is InChI=1S/C15H23ClN2O/c1-12(11-19)9-17-10-13-14(16)5-4-6-15(13)18-7-2-3-8-18/h4-6,12,17,19H,2-3,7-11H2,1H3. The Balaban J connectivity index is 2.05. The first-order chi connectivity index (χ1) is 9.22. The smallest absolute Gasteiger partial charge is 0.0471 e. The van der Waals surface area contributed by atoms with Crippen molar-refractivity contribution in [1.29, 1.82) is 0 Å². The van der Waals surface area contributed by atoms with E-state index in [-0.39, 0.29) is 12.5 Å². The maximum atomic E-state index is 9.04. The fraction of sp³-hybridized carbons (Fsp3) is 0.600. The summed E-state index contributed by atoms with van der Waals surface area (Å²) in [5.74, 6) is 0.276. The molecule has 0 amide bonds. The Labute approximate surface area is 120 Å². The highest BCUT2D eigenvalue weighted by Crippen LogP contribution is 2.29. The maximum Gasteiger partial charge on any atom is 0.0471 e. The zero-order chi connectivity index (χ0) is 13.7. The monoisotopic (exact) mass is 282 g/mol. The predicted molar refractivity (Wildman–Crippen MR) is 80.9 cm³/mol. The fourth-order valence-corrected chi connectivity index (χ4v) is 2.72. The minimum absolute atomic E-state index is 0.217. The van der Waals surface area contributed by atoms with Gasteiger partial charge in [0.1, 0.15) is 0 Å². The molecule has 19 heavy (non-hydrogen) atoms. The van der Waals surface area contributed by atoms with Gasteiger partial charge in [-0.15, -0.1) is 0 Å². The summed E-state index contributed by atoms with van der Waals surface area (Å²) in [6.07, 6.45) is 2.53. The van der Waals surface area contributed by atoms with Crippen LogP contribution < -0.4 is 10.2 Å². The van der Waals surface area contributed by atoms with E-state index in [9.17, 15) is 0 Å². The van der Waals surface area contributed by atoms with Gasteiger partial charge in [-0.05, 0) is 30.9 Å². The van der Waals surface area contributed by atoms with Crippen LogP contribution in [0.25, 0.3) is 0 Å². The van der Waals surface area contributed by atoms with Crippen molar-refractivity contribution in [3.8, 4) is 0 Å². The molecule has 1 aromatic carbocycles. The second-order valence-corrected chi connectivity index (χ2v) is 5.76. The van der Waals surface area contributed by atoms with Crippen LogP contribution in [0, 0.1) is 5.92 Å². The van der Waals surface area contributed by atoms with E-state index >= 15 is 0 Å². The van der Waals surface area contributed by atoms with Crippen LogP contribution in [0.3, 0.4) is 0 Å². The van der Waals surface area contributed by atoms with Gasteiger partial charge in [0.15, 0.2) is 0 Å². The van der Waals surface area contributed by atoms with Gasteiger partial charge >= 0.3 is 0 Å². The molecule has 1 aliphatic heterocycles. The van der Waals surface area contributed by atoms with Gasteiger partial charge in [-0.25, -0.2) is 0 Å². The first kappa shape index (κ1) is 14.6. The maximum absolute atomic E-state index is 9.04. The molecule has 1 atom stereocenters. The highest BCUT2D eigenvalue weighted by atomic mass is 35.5. The highest BCUT2D eigenvalue weighted by molar-refractivity contribution is 6.31. The lowest BCUT2D eigenvalue weighted by atomic mass is 10.1. The number of halogens is 1. The molecule has 0 aromatic heterocycles. The normalized spacial score (nSPS) is 16.9. The number of benzene rings is 1. The number of anilines is 1. The van der Waals surface area contributed by atoms with E-state index in [1.807, 2.05) is 19.1 Å². The molecular weight excluding hydrogens is 260 g/mol. The Morgan fingerprint density at radius 3 is 2.79 bits per heavy atom. The molecule has 4 heteroatoms. The van der Waals surface area contributed by atoms with Crippen LogP contribution in [0.15, 0.2) is 18.2 Å². The Bertz CT molecular complexity index is 405. The van der Waals surface area contributed by atoms with Crippen molar-refractivity contribution in [2.45, 2.75) is 26.3 Å². The molecule has 3 nitrogen and oxygen atoms in total. The Hall–Kier alpha value is -0.770. The molecule has 2 N–H and O–H groups in total. The fourth-order valence-electron chi connectivity index (χ4n) is 2.48. The summed E-state index contributed by atoms with van der Waals surface area (Å²) >= 11 is 6.34. The van der Waals surface area contributed by atoms with Crippen molar-refractivity contribution in [1.82, 2.24) is 5.32 Å². The van der Waals surface area contributed by atoms with E-state index < -0.39 is 0 Å². The SMILES string of the molecule is CC(CO)CNCc1c(Cl)cccc1N1CCCC1. The minimum atomic E-state index is 0.217. The second-order valence-electron chi connectivity index (χ2n) is 5.35. The minimum Gasteiger partial charge on any atom is -0.396 e. The molecule has 0 radical (unpaired) electrons. The lowest BCUT2D eigenvalue weighted by Crippen LogP contribution is -2.25. The number of rotatable bonds is 6. The number of aliphatic hydroxyl groups is 1. The van der Waals surface area contributed by atoms with Gasteiger partial charge in [0.05, 0.1) is 0 Å². The summed E-state index contributed by atoms with van der Waals surface area (Å²) in [6.45, 7) is 6.06. The van der Waals surface area contributed by atoms with Gasteiger partial charge in [0.2, 0.25) is 0 Å². The molecule has 1 saturated heterocycles. The largest absolute Gasteiger partial charge is 0.396 e. The lowest BCUT2D eigenvalue weighted by Gasteiger charge is -2.22. The molecule has 1 heterocycles. The van der Waals surface area contributed by atoms with Gasteiger partial charge in [0.25, 0.3) is 0 Å². The van der Waals surface area contributed by atoms with Crippen molar-refractivity contribution < 1.29 is 5.11 Å². The third-order valence-electron chi connectivity index (χ3n) is 3.65. The van der Waals surface area contributed by atoms with Crippen LogP contribution in [0.4, 0.5) is 5.69 Å². The molecular formula is C15H23ClN2O. The number of nitrogens with zero attached hydrogens (tertiary/aromatic N) is 1. The molecule has 0 spiro atoms. The van der Waals surface area contributed by atoms with Gasteiger partial charge in [-0.2, -0.15) is 0 Å². The van der Waals surface area contributed by atoms with E-state index in [0.717, 1.165) is 31.2 Å². The molecule has 1 aromatic rings. The molecule has 1 aliphatic rings. The number of aliphatic hydroxyl groups excluding tert-OH is 1. The molecule has 0 bridgehead atoms. The van der Waals surface area contributed by atoms with Gasteiger partial charge < -0.3 is 15.3 Å². The first-order valence-electron chi connectivity index (χ1n) is 7.06. The molecule has 0 aliphatic carbocycles.